The average Bonchev–Trinajstić information content (AvgIpc) is 2.40. The van der Waals surface area contributed by atoms with Gasteiger partial charge in [-0.05, 0) is 20.8 Å². The van der Waals surface area contributed by atoms with Gasteiger partial charge in [0.25, 0.3) is 0 Å². The quantitative estimate of drug-likeness (QED) is 0.879. The highest BCUT2D eigenvalue weighted by Crippen LogP contribution is 2.13. The third-order valence-electron chi connectivity index (χ3n) is 3.16. The van der Waals surface area contributed by atoms with E-state index in [4.69, 9.17) is 10.5 Å². The van der Waals surface area contributed by atoms with E-state index in [0.717, 1.165) is 25.2 Å². The van der Waals surface area contributed by atoms with Gasteiger partial charge in [-0.3, -0.25) is 4.90 Å². The van der Waals surface area contributed by atoms with Gasteiger partial charge in [0.15, 0.2) is 0 Å². The van der Waals surface area contributed by atoms with Crippen LogP contribution in [0.25, 0.3) is 0 Å². The van der Waals surface area contributed by atoms with Crippen molar-refractivity contribution in [3.63, 3.8) is 0 Å². The van der Waals surface area contributed by atoms with Crippen LogP contribution in [0.3, 0.4) is 0 Å². The Kier molecular flexibility index (Phi) is 4.62. The monoisotopic (exact) mass is 293 g/mol. The maximum absolute atomic E-state index is 12.0. The van der Waals surface area contributed by atoms with Crippen LogP contribution < -0.4 is 5.73 Å². The Morgan fingerprint density at radius 1 is 1.24 bits per heavy atom. The van der Waals surface area contributed by atoms with Gasteiger partial charge in [0.1, 0.15) is 5.60 Å². The summed E-state index contributed by atoms with van der Waals surface area (Å²) < 4.78 is 5.38. The first-order chi connectivity index (χ1) is 9.83. The number of nitrogens with zero attached hydrogens (tertiary/aromatic N) is 4. The van der Waals surface area contributed by atoms with Gasteiger partial charge < -0.3 is 15.4 Å². The Balaban J connectivity index is 1.80. The first kappa shape index (κ1) is 15.5. The van der Waals surface area contributed by atoms with Gasteiger partial charge in [-0.1, -0.05) is 0 Å². The number of hydrogen-bond acceptors (Lipinski definition) is 6. The number of nitrogens with two attached hydrogens (primary N) is 1. The molecule has 2 N–H and O–H groups in total. The van der Waals surface area contributed by atoms with E-state index in [-0.39, 0.29) is 12.0 Å². The number of hydrogen-bond donors (Lipinski definition) is 1. The molecule has 1 aromatic rings. The maximum atomic E-state index is 12.0. The van der Waals surface area contributed by atoms with Crippen molar-refractivity contribution < 1.29 is 9.53 Å². The smallest absolute Gasteiger partial charge is 0.410 e. The van der Waals surface area contributed by atoms with Crippen LogP contribution in [-0.4, -0.2) is 57.6 Å². The Morgan fingerprint density at radius 3 is 2.33 bits per heavy atom. The molecule has 0 aromatic carbocycles. The van der Waals surface area contributed by atoms with Gasteiger partial charge in [-0.2, -0.15) is 0 Å². The molecule has 2 rings (SSSR count). The fraction of sp³-hybridized carbons (Fsp3) is 0.643. The molecule has 21 heavy (non-hydrogen) atoms. The van der Waals surface area contributed by atoms with E-state index in [2.05, 4.69) is 14.9 Å². The van der Waals surface area contributed by atoms with E-state index in [0.29, 0.717) is 13.1 Å². The lowest BCUT2D eigenvalue weighted by Gasteiger charge is -2.35. The van der Waals surface area contributed by atoms with Crippen LogP contribution in [0.2, 0.25) is 0 Å². The van der Waals surface area contributed by atoms with Crippen molar-refractivity contribution >= 4 is 12.0 Å². The highest BCUT2D eigenvalue weighted by Gasteiger charge is 2.25. The van der Waals surface area contributed by atoms with Crippen molar-refractivity contribution in [2.24, 2.45) is 0 Å². The lowest BCUT2D eigenvalue weighted by atomic mass is 10.2. The van der Waals surface area contributed by atoms with E-state index >= 15 is 0 Å². The van der Waals surface area contributed by atoms with Crippen LogP contribution in [0, 0.1) is 0 Å². The standard InChI is InChI=1S/C14H23N5O2/c1-14(2,3)21-13(20)19-6-4-18(5-7-19)10-11-8-16-12(15)17-9-11/h8-9H,4-7,10H2,1-3H3,(H2,15,16,17). The Hall–Kier alpha value is -1.89. The van der Waals surface area contributed by atoms with Gasteiger partial charge in [0.2, 0.25) is 5.95 Å². The number of carbonyl (C=O) groups is 1. The summed E-state index contributed by atoms with van der Waals surface area (Å²) >= 11 is 0. The molecule has 2 heterocycles. The molecule has 0 saturated carbocycles. The minimum Gasteiger partial charge on any atom is -0.444 e. The van der Waals surface area contributed by atoms with E-state index in [1.165, 1.54) is 0 Å². The molecule has 1 amide bonds. The van der Waals surface area contributed by atoms with Gasteiger partial charge in [-0.25, -0.2) is 14.8 Å². The maximum Gasteiger partial charge on any atom is 0.410 e. The molecule has 0 radical (unpaired) electrons. The van der Waals surface area contributed by atoms with Crippen LogP contribution >= 0.6 is 0 Å². The number of nitrogen functional groups attached to an aromatic ring is 1. The molecule has 0 atom stereocenters. The number of ether oxygens (including phenoxy) is 1. The summed E-state index contributed by atoms with van der Waals surface area (Å²) in [5, 5.41) is 0. The van der Waals surface area contributed by atoms with E-state index in [9.17, 15) is 4.79 Å². The van der Waals surface area contributed by atoms with Crippen LogP contribution in [-0.2, 0) is 11.3 Å². The van der Waals surface area contributed by atoms with Crippen LogP contribution in [0.4, 0.5) is 10.7 Å². The van der Waals surface area contributed by atoms with Gasteiger partial charge in [-0.15, -0.1) is 0 Å². The number of aromatic nitrogens is 2. The molecule has 0 spiro atoms. The number of rotatable bonds is 2. The average molecular weight is 293 g/mol. The predicted molar refractivity (Wildman–Crippen MR) is 79.5 cm³/mol. The highest BCUT2D eigenvalue weighted by atomic mass is 16.6. The molecule has 7 heteroatoms. The second-order valence-corrected chi connectivity index (χ2v) is 6.19. The molecule has 1 aliphatic rings. The van der Waals surface area contributed by atoms with E-state index < -0.39 is 5.60 Å². The predicted octanol–water partition coefficient (Wildman–Crippen LogP) is 1.11. The molecule has 0 bridgehead atoms. The summed E-state index contributed by atoms with van der Waals surface area (Å²) in [4.78, 5) is 23.9. The van der Waals surface area contributed by atoms with Crippen molar-refractivity contribution in [2.75, 3.05) is 31.9 Å². The molecule has 1 aromatic heterocycles. The number of piperazine rings is 1. The minimum absolute atomic E-state index is 0.238. The summed E-state index contributed by atoms with van der Waals surface area (Å²) in [6, 6.07) is 0. The van der Waals surface area contributed by atoms with Crippen molar-refractivity contribution in [1.82, 2.24) is 19.8 Å². The number of carbonyl (C=O) groups excluding carboxylic acids is 1. The van der Waals surface area contributed by atoms with Crippen molar-refractivity contribution in [3.05, 3.63) is 18.0 Å². The molecule has 0 unspecified atom stereocenters. The number of anilines is 1. The Labute approximate surface area is 125 Å². The molecular formula is C14H23N5O2. The second kappa shape index (κ2) is 6.26. The second-order valence-electron chi connectivity index (χ2n) is 6.19. The Morgan fingerprint density at radius 2 is 1.81 bits per heavy atom. The van der Waals surface area contributed by atoms with Crippen molar-refractivity contribution in [1.29, 1.82) is 0 Å². The largest absolute Gasteiger partial charge is 0.444 e. The normalized spacial score (nSPS) is 16.8. The van der Waals surface area contributed by atoms with Gasteiger partial charge in [0, 0.05) is 50.7 Å². The summed E-state index contributed by atoms with van der Waals surface area (Å²) in [5.41, 5.74) is 6.04. The van der Waals surface area contributed by atoms with Crippen molar-refractivity contribution in [2.45, 2.75) is 32.9 Å². The van der Waals surface area contributed by atoms with Crippen LogP contribution in [0.5, 0.6) is 0 Å². The lowest BCUT2D eigenvalue weighted by Crippen LogP contribution is -2.49. The fourth-order valence-electron chi connectivity index (χ4n) is 2.12. The zero-order valence-electron chi connectivity index (χ0n) is 12.9. The number of amides is 1. The SMILES string of the molecule is CC(C)(C)OC(=O)N1CCN(Cc2cnc(N)nc2)CC1. The zero-order chi connectivity index (χ0) is 15.5. The molecule has 7 nitrogen and oxygen atoms in total. The third kappa shape index (κ3) is 4.86. The van der Waals surface area contributed by atoms with Gasteiger partial charge >= 0.3 is 6.09 Å². The Bertz CT molecular complexity index is 475. The first-order valence-electron chi connectivity index (χ1n) is 7.10. The summed E-state index contributed by atoms with van der Waals surface area (Å²) in [6.45, 7) is 9.36. The van der Waals surface area contributed by atoms with E-state index in [1.54, 1.807) is 17.3 Å². The molecular weight excluding hydrogens is 270 g/mol. The topological polar surface area (TPSA) is 84.6 Å². The summed E-state index contributed by atoms with van der Waals surface area (Å²) in [5.74, 6) is 0.286. The molecule has 1 aliphatic heterocycles. The van der Waals surface area contributed by atoms with Crippen LogP contribution in [0.15, 0.2) is 12.4 Å². The fourth-order valence-corrected chi connectivity index (χ4v) is 2.12. The lowest BCUT2D eigenvalue weighted by molar-refractivity contribution is 0.0139. The molecule has 1 saturated heterocycles. The summed E-state index contributed by atoms with van der Waals surface area (Å²) in [6.07, 6.45) is 3.24. The minimum atomic E-state index is -0.449. The highest BCUT2D eigenvalue weighted by molar-refractivity contribution is 5.68. The molecule has 116 valence electrons. The molecule has 0 aliphatic carbocycles. The third-order valence-corrected chi connectivity index (χ3v) is 3.16. The van der Waals surface area contributed by atoms with Crippen LogP contribution in [0.1, 0.15) is 26.3 Å². The van der Waals surface area contributed by atoms with Gasteiger partial charge in [0.05, 0.1) is 0 Å². The summed E-state index contributed by atoms with van der Waals surface area (Å²) in [7, 11) is 0. The van der Waals surface area contributed by atoms with E-state index in [1.807, 2.05) is 20.8 Å². The molecule has 1 fully saturated rings. The zero-order valence-corrected chi connectivity index (χ0v) is 12.9. The van der Waals surface area contributed by atoms with Crippen molar-refractivity contribution in [3.8, 4) is 0 Å². The first-order valence-corrected chi connectivity index (χ1v) is 7.10.